The van der Waals surface area contributed by atoms with Gasteiger partial charge in [-0.05, 0) is 36.5 Å². The van der Waals surface area contributed by atoms with E-state index >= 15 is 0 Å². The highest BCUT2D eigenvalue weighted by Crippen LogP contribution is 2.27. The van der Waals surface area contributed by atoms with E-state index in [1.54, 1.807) is 6.07 Å². The molecule has 1 fully saturated rings. The number of halogens is 1. The Morgan fingerprint density at radius 2 is 2.12 bits per heavy atom. The van der Waals surface area contributed by atoms with Gasteiger partial charge in [-0.3, -0.25) is 0 Å². The molecule has 0 heterocycles. The summed E-state index contributed by atoms with van der Waals surface area (Å²) in [5, 5.41) is 0. The van der Waals surface area contributed by atoms with Gasteiger partial charge in [-0.15, -0.1) is 0 Å². The summed E-state index contributed by atoms with van der Waals surface area (Å²) in [6.45, 7) is 1.15. The second-order valence-corrected chi connectivity index (χ2v) is 4.76. The molecule has 2 rings (SSSR count). The molecule has 0 aromatic heterocycles. The molecule has 1 aliphatic carbocycles. The Bertz CT molecular complexity index is 350. The van der Waals surface area contributed by atoms with Gasteiger partial charge in [0.25, 0.3) is 0 Å². The largest absolute Gasteiger partial charge is 0.372 e. The van der Waals surface area contributed by atoms with E-state index < -0.39 is 0 Å². The van der Waals surface area contributed by atoms with E-state index in [1.165, 1.54) is 37.8 Å². The molecule has 2 nitrogen and oxygen atoms in total. The molecule has 1 aromatic carbocycles. The van der Waals surface area contributed by atoms with Crippen LogP contribution in [0, 0.1) is 11.7 Å². The molecule has 94 valence electrons. The first kappa shape index (κ1) is 12.5. The molecule has 1 atom stereocenters. The van der Waals surface area contributed by atoms with Gasteiger partial charge in [0.05, 0.1) is 12.7 Å². The number of rotatable bonds is 5. The first-order valence-electron chi connectivity index (χ1n) is 6.36. The van der Waals surface area contributed by atoms with Crippen molar-refractivity contribution >= 4 is 0 Å². The standard InChI is InChI=1S/C14H20FNO/c15-13-7-3-6-12(8-13)14(9-16)17-10-11-4-1-2-5-11/h3,6-8,11,14H,1-2,4-5,9-10,16H2. The fraction of sp³-hybridized carbons (Fsp3) is 0.571. The summed E-state index contributed by atoms with van der Waals surface area (Å²) in [5.74, 6) is 0.433. The average Bonchev–Trinajstić information content (AvgIpc) is 2.83. The molecule has 0 bridgehead atoms. The quantitative estimate of drug-likeness (QED) is 0.854. The normalized spacial score (nSPS) is 18.5. The molecule has 1 aliphatic rings. The van der Waals surface area contributed by atoms with Crippen molar-refractivity contribution in [2.24, 2.45) is 11.7 Å². The Morgan fingerprint density at radius 1 is 1.35 bits per heavy atom. The molecule has 1 aromatic rings. The molecule has 2 N–H and O–H groups in total. The maximum absolute atomic E-state index is 13.1. The minimum atomic E-state index is -0.231. The summed E-state index contributed by atoms with van der Waals surface area (Å²) < 4.78 is 18.9. The predicted octanol–water partition coefficient (Wildman–Crippen LogP) is 3.03. The average molecular weight is 237 g/mol. The van der Waals surface area contributed by atoms with Gasteiger partial charge in [0.15, 0.2) is 0 Å². The van der Waals surface area contributed by atoms with Gasteiger partial charge in [0.2, 0.25) is 0 Å². The van der Waals surface area contributed by atoms with E-state index in [-0.39, 0.29) is 11.9 Å². The van der Waals surface area contributed by atoms with Crippen molar-refractivity contribution in [3.63, 3.8) is 0 Å². The zero-order chi connectivity index (χ0) is 12.1. The van der Waals surface area contributed by atoms with E-state index in [1.807, 2.05) is 6.07 Å². The second kappa shape index (κ2) is 6.12. The highest BCUT2D eigenvalue weighted by Gasteiger charge is 2.18. The molecule has 0 saturated heterocycles. The van der Waals surface area contributed by atoms with Gasteiger partial charge in [-0.2, -0.15) is 0 Å². The molecule has 1 unspecified atom stereocenters. The molecule has 3 heteroatoms. The van der Waals surface area contributed by atoms with Crippen molar-refractivity contribution < 1.29 is 9.13 Å². The van der Waals surface area contributed by atoms with Gasteiger partial charge >= 0.3 is 0 Å². The van der Waals surface area contributed by atoms with Crippen molar-refractivity contribution in [1.29, 1.82) is 0 Å². The molecule has 0 radical (unpaired) electrons. The van der Waals surface area contributed by atoms with Crippen molar-refractivity contribution in [2.75, 3.05) is 13.2 Å². The molecule has 0 spiro atoms. The minimum absolute atomic E-state index is 0.175. The van der Waals surface area contributed by atoms with Crippen LogP contribution in [0.15, 0.2) is 24.3 Å². The minimum Gasteiger partial charge on any atom is -0.372 e. The van der Waals surface area contributed by atoms with Crippen LogP contribution in [0.3, 0.4) is 0 Å². The van der Waals surface area contributed by atoms with Gasteiger partial charge in [0, 0.05) is 6.54 Å². The molecule has 0 aliphatic heterocycles. The van der Waals surface area contributed by atoms with Crippen LogP contribution in [0.4, 0.5) is 4.39 Å². The van der Waals surface area contributed by atoms with Crippen molar-refractivity contribution in [3.05, 3.63) is 35.6 Å². The Hall–Kier alpha value is -0.930. The lowest BCUT2D eigenvalue weighted by atomic mass is 10.1. The summed E-state index contributed by atoms with van der Waals surface area (Å²) in [4.78, 5) is 0. The fourth-order valence-electron chi connectivity index (χ4n) is 2.44. The number of hydrogen-bond acceptors (Lipinski definition) is 2. The van der Waals surface area contributed by atoms with E-state index in [0.717, 1.165) is 12.2 Å². The summed E-state index contributed by atoms with van der Waals surface area (Å²) in [5.41, 5.74) is 6.53. The highest BCUT2D eigenvalue weighted by molar-refractivity contribution is 5.19. The zero-order valence-electron chi connectivity index (χ0n) is 10.1. The maximum atomic E-state index is 13.1. The third-order valence-corrected chi connectivity index (χ3v) is 3.44. The lowest BCUT2D eigenvalue weighted by Gasteiger charge is -2.19. The molecule has 0 amide bonds. The van der Waals surface area contributed by atoms with E-state index in [4.69, 9.17) is 10.5 Å². The van der Waals surface area contributed by atoms with Crippen molar-refractivity contribution in [1.82, 2.24) is 0 Å². The SMILES string of the molecule is NCC(OCC1CCCC1)c1cccc(F)c1. The third kappa shape index (κ3) is 3.51. The Kier molecular flexibility index (Phi) is 4.51. The van der Waals surface area contributed by atoms with Gasteiger partial charge in [0.1, 0.15) is 5.82 Å². The highest BCUT2D eigenvalue weighted by atomic mass is 19.1. The molecule has 1 saturated carbocycles. The van der Waals surface area contributed by atoms with Crippen LogP contribution in [0.1, 0.15) is 37.4 Å². The Balaban J connectivity index is 1.91. The van der Waals surface area contributed by atoms with Gasteiger partial charge in [-0.25, -0.2) is 4.39 Å². The number of hydrogen-bond donors (Lipinski definition) is 1. The first-order valence-corrected chi connectivity index (χ1v) is 6.36. The van der Waals surface area contributed by atoms with Crippen LogP contribution in [0.2, 0.25) is 0 Å². The van der Waals surface area contributed by atoms with E-state index in [0.29, 0.717) is 12.5 Å². The van der Waals surface area contributed by atoms with Crippen LogP contribution in [-0.2, 0) is 4.74 Å². The molecule has 17 heavy (non-hydrogen) atoms. The maximum Gasteiger partial charge on any atom is 0.123 e. The van der Waals surface area contributed by atoms with E-state index in [9.17, 15) is 4.39 Å². The summed E-state index contributed by atoms with van der Waals surface area (Å²) in [6.07, 6.45) is 4.94. The predicted molar refractivity (Wildman–Crippen MR) is 66.1 cm³/mol. The molecular formula is C14H20FNO. The van der Waals surface area contributed by atoms with Crippen molar-refractivity contribution in [2.45, 2.75) is 31.8 Å². The lowest BCUT2D eigenvalue weighted by molar-refractivity contribution is 0.0345. The second-order valence-electron chi connectivity index (χ2n) is 4.76. The number of ether oxygens (including phenoxy) is 1. The molecular weight excluding hydrogens is 217 g/mol. The van der Waals surface area contributed by atoms with E-state index in [2.05, 4.69) is 0 Å². The van der Waals surface area contributed by atoms with Crippen molar-refractivity contribution in [3.8, 4) is 0 Å². The monoisotopic (exact) mass is 237 g/mol. The Morgan fingerprint density at radius 3 is 2.76 bits per heavy atom. The number of nitrogens with two attached hydrogens (primary N) is 1. The zero-order valence-corrected chi connectivity index (χ0v) is 10.1. The first-order chi connectivity index (χ1) is 8.29. The third-order valence-electron chi connectivity index (χ3n) is 3.44. The summed E-state index contributed by atoms with van der Waals surface area (Å²) >= 11 is 0. The van der Waals surface area contributed by atoms with Crippen LogP contribution >= 0.6 is 0 Å². The van der Waals surface area contributed by atoms with Crippen LogP contribution in [0.5, 0.6) is 0 Å². The summed E-state index contributed by atoms with van der Waals surface area (Å²) in [7, 11) is 0. The number of benzene rings is 1. The Labute approximate surface area is 102 Å². The lowest BCUT2D eigenvalue weighted by Crippen LogP contribution is -2.19. The van der Waals surface area contributed by atoms with Gasteiger partial charge < -0.3 is 10.5 Å². The summed E-state index contributed by atoms with van der Waals surface area (Å²) in [6, 6.07) is 6.52. The van der Waals surface area contributed by atoms with Crippen LogP contribution < -0.4 is 5.73 Å². The fourth-order valence-corrected chi connectivity index (χ4v) is 2.44. The topological polar surface area (TPSA) is 35.2 Å². The van der Waals surface area contributed by atoms with Crippen LogP contribution in [-0.4, -0.2) is 13.2 Å². The van der Waals surface area contributed by atoms with Gasteiger partial charge in [-0.1, -0.05) is 25.0 Å². The smallest absolute Gasteiger partial charge is 0.123 e. The van der Waals surface area contributed by atoms with Crippen LogP contribution in [0.25, 0.3) is 0 Å².